The van der Waals surface area contributed by atoms with E-state index in [2.05, 4.69) is 5.32 Å². The molecule has 0 spiro atoms. The van der Waals surface area contributed by atoms with E-state index in [1.807, 2.05) is 0 Å². The van der Waals surface area contributed by atoms with Gasteiger partial charge in [-0.1, -0.05) is 0 Å². The van der Waals surface area contributed by atoms with E-state index in [1.165, 1.54) is 17.9 Å². The number of amides is 2. The molecule has 0 aromatic heterocycles. The maximum Gasteiger partial charge on any atom is 0.418 e. The van der Waals surface area contributed by atoms with Gasteiger partial charge in [0.15, 0.2) is 0 Å². The lowest BCUT2D eigenvalue weighted by molar-refractivity contribution is -0.137. The molecule has 2 amide bonds. The Morgan fingerprint density at radius 1 is 1.23 bits per heavy atom. The maximum absolute atomic E-state index is 13.0. The number of nitrogens with two attached hydrogens (primary N) is 1. The highest BCUT2D eigenvalue weighted by Crippen LogP contribution is 2.36. The Hall–Kier alpha value is -2.45. The molecule has 0 aliphatic rings. The Morgan fingerprint density at radius 3 is 2.35 bits per heavy atom. The van der Waals surface area contributed by atoms with Crippen molar-refractivity contribution in [1.82, 2.24) is 5.32 Å². The molecule has 0 saturated heterocycles. The summed E-state index contributed by atoms with van der Waals surface area (Å²) >= 11 is 0. The van der Waals surface area contributed by atoms with Gasteiger partial charge in [0.25, 0.3) is 0 Å². The number of rotatable bonds is 5. The minimum Gasteiger partial charge on any atom is -0.444 e. The number of hydrogen-bond donors (Lipinski definition) is 2. The van der Waals surface area contributed by atoms with E-state index in [9.17, 15) is 22.8 Å². The van der Waals surface area contributed by atoms with E-state index in [4.69, 9.17) is 10.5 Å². The van der Waals surface area contributed by atoms with Crippen LogP contribution in [-0.2, 0) is 15.7 Å². The minimum absolute atomic E-state index is 0.0938. The fourth-order valence-corrected chi connectivity index (χ4v) is 2.17. The molecule has 0 radical (unpaired) electrons. The summed E-state index contributed by atoms with van der Waals surface area (Å²) in [7, 11) is 0. The van der Waals surface area contributed by atoms with E-state index in [1.54, 1.807) is 20.8 Å². The van der Waals surface area contributed by atoms with Gasteiger partial charge in [0.2, 0.25) is 5.91 Å². The number of ether oxygens (including phenoxy) is 1. The fraction of sp³-hybridized carbons (Fsp3) is 0.529. The van der Waals surface area contributed by atoms with Gasteiger partial charge in [-0.2, -0.15) is 13.2 Å². The Morgan fingerprint density at radius 2 is 1.85 bits per heavy atom. The van der Waals surface area contributed by atoms with Crippen LogP contribution in [0, 0.1) is 0 Å². The Kier molecular flexibility index (Phi) is 6.88. The second-order valence-electron chi connectivity index (χ2n) is 6.72. The molecule has 3 N–H and O–H groups in total. The Labute approximate surface area is 150 Å². The molecule has 0 fully saturated rings. The van der Waals surface area contributed by atoms with Crippen LogP contribution in [-0.4, -0.2) is 30.7 Å². The van der Waals surface area contributed by atoms with Gasteiger partial charge in [-0.25, -0.2) is 4.79 Å². The first kappa shape index (κ1) is 21.6. The third-order valence-corrected chi connectivity index (χ3v) is 3.26. The topological polar surface area (TPSA) is 84.7 Å². The largest absolute Gasteiger partial charge is 0.444 e. The van der Waals surface area contributed by atoms with Crippen molar-refractivity contribution in [2.45, 2.75) is 45.9 Å². The molecule has 146 valence electrons. The number of alkyl halides is 3. The molecule has 1 rings (SSSR count). The number of carbonyl (C=O) groups excluding carboxylic acids is 2. The van der Waals surface area contributed by atoms with E-state index in [0.29, 0.717) is 6.42 Å². The molecule has 0 aliphatic heterocycles. The Balaban J connectivity index is 2.74. The molecular weight excluding hydrogens is 351 g/mol. The van der Waals surface area contributed by atoms with Crippen LogP contribution in [0.1, 0.15) is 39.7 Å². The maximum atomic E-state index is 13.0. The van der Waals surface area contributed by atoms with Gasteiger partial charge in [0.1, 0.15) is 5.60 Å². The molecule has 0 heterocycles. The molecule has 0 saturated carbocycles. The molecule has 0 unspecified atom stereocenters. The van der Waals surface area contributed by atoms with Gasteiger partial charge < -0.3 is 20.7 Å². The van der Waals surface area contributed by atoms with Crippen LogP contribution in [0.5, 0.6) is 0 Å². The van der Waals surface area contributed by atoms with Crippen LogP contribution in [0.3, 0.4) is 0 Å². The molecule has 26 heavy (non-hydrogen) atoms. The van der Waals surface area contributed by atoms with Crippen molar-refractivity contribution in [2.75, 3.05) is 23.7 Å². The minimum atomic E-state index is -4.61. The first-order valence-corrected chi connectivity index (χ1v) is 8.03. The molecule has 9 heteroatoms. The molecule has 0 aliphatic carbocycles. The van der Waals surface area contributed by atoms with E-state index in [-0.39, 0.29) is 18.8 Å². The summed E-state index contributed by atoms with van der Waals surface area (Å²) in [5.41, 5.74) is 3.44. The highest BCUT2D eigenvalue weighted by atomic mass is 19.4. The van der Waals surface area contributed by atoms with Crippen LogP contribution in [0.15, 0.2) is 18.2 Å². The van der Waals surface area contributed by atoms with Crippen LogP contribution in [0.25, 0.3) is 0 Å². The summed E-state index contributed by atoms with van der Waals surface area (Å²) in [4.78, 5) is 24.6. The van der Waals surface area contributed by atoms with Crippen LogP contribution >= 0.6 is 0 Å². The predicted molar refractivity (Wildman–Crippen MR) is 92.7 cm³/mol. The monoisotopic (exact) mass is 375 g/mol. The summed E-state index contributed by atoms with van der Waals surface area (Å²) in [5, 5.41) is 2.53. The molecule has 6 nitrogen and oxygen atoms in total. The summed E-state index contributed by atoms with van der Waals surface area (Å²) in [6.45, 7) is 6.77. The summed E-state index contributed by atoms with van der Waals surface area (Å²) in [5.74, 6) is -0.417. The van der Waals surface area contributed by atoms with Gasteiger partial charge in [0, 0.05) is 31.4 Å². The van der Waals surface area contributed by atoms with Gasteiger partial charge in [-0.3, -0.25) is 4.79 Å². The van der Waals surface area contributed by atoms with E-state index in [0.717, 1.165) is 12.1 Å². The highest BCUT2D eigenvalue weighted by Gasteiger charge is 2.33. The number of hydrogen-bond acceptors (Lipinski definition) is 4. The van der Waals surface area contributed by atoms with E-state index < -0.39 is 35.0 Å². The van der Waals surface area contributed by atoms with Crippen molar-refractivity contribution in [1.29, 1.82) is 0 Å². The van der Waals surface area contributed by atoms with Crippen molar-refractivity contribution < 1.29 is 27.5 Å². The number of alkyl carbamates (subject to hydrolysis) is 1. The second-order valence-corrected chi connectivity index (χ2v) is 6.72. The van der Waals surface area contributed by atoms with Crippen molar-refractivity contribution in [3.63, 3.8) is 0 Å². The third kappa shape index (κ3) is 6.81. The Bertz CT molecular complexity index is 655. The van der Waals surface area contributed by atoms with Crippen molar-refractivity contribution in [3.8, 4) is 0 Å². The zero-order valence-corrected chi connectivity index (χ0v) is 15.2. The lowest BCUT2D eigenvalue weighted by Crippen LogP contribution is -2.35. The lowest BCUT2D eigenvalue weighted by atomic mass is 10.1. The zero-order valence-electron chi connectivity index (χ0n) is 15.2. The molecular formula is C17H24F3N3O3. The molecule has 1 aromatic rings. The third-order valence-electron chi connectivity index (χ3n) is 3.26. The van der Waals surface area contributed by atoms with E-state index >= 15 is 0 Å². The SMILES string of the molecule is CC(=O)N(CCCNC(=O)OC(C)(C)C)c1ccc(N)c(C(F)(F)F)c1. The molecule has 0 atom stereocenters. The number of nitrogen functional groups attached to an aromatic ring is 1. The van der Waals surface area contributed by atoms with Crippen molar-refractivity contribution in [3.05, 3.63) is 23.8 Å². The molecule has 1 aromatic carbocycles. The van der Waals surface area contributed by atoms with Crippen molar-refractivity contribution >= 4 is 23.4 Å². The summed E-state index contributed by atoms with van der Waals surface area (Å²) in [6.07, 6.45) is -4.87. The standard InChI is InChI=1S/C17H24F3N3O3/c1-11(24)23(9-5-8-22-15(25)26-16(2,3)4)12-6-7-14(21)13(10-12)17(18,19)20/h6-7,10H,5,8-9,21H2,1-4H3,(H,22,25). The van der Waals surface area contributed by atoms with Crippen molar-refractivity contribution in [2.24, 2.45) is 0 Å². The summed E-state index contributed by atoms with van der Waals surface area (Å²) < 4.78 is 44.0. The quantitative estimate of drug-likeness (QED) is 0.609. The van der Waals surface area contributed by atoms with Gasteiger partial charge >= 0.3 is 12.3 Å². The van der Waals surface area contributed by atoms with Crippen LogP contribution in [0.2, 0.25) is 0 Å². The average Bonchev–Trinajstić information content (AvgIpc) is 2.44. The smallest absolute Gasteiger partial charge is 0.418 e. The average molecular weight is 375 g/mol. The number of carbonyl (C=O) groups is 2. The number of benzene rings is 1. The number of nitrogens with zero attached hydrogens (tertiary/aromatic N) is 1. The van der Waals surface area contributed by atoms with Crippen LogP contribution in [0.4, 0.5) is 29.3 Å². The number of halogens is 3. The van der Waals surface area contributed by atoms with Gasteiger partial charge in [-0.05, 0) is 45.4 Å². The normalized spacial score (nSPS) is 11.8. The molecule has 0 bridgehead atoms. The lowest BCUT2D eigenvalue weighted by Gasteiger charge is -2.23. The first-order chi connectivity index (χ1) is 11.8. The van der Waals surface area contributed by atoms with Gasteiger partial charge in [-0.15, -0.1) is 0 Å². The number of anilines is 2. The predicted octanol–water partition coefficient (Wildman–Crippen LogP) is 3.56. The highest BCUT2D eigenvalue weighted by molar-refractivity contribution is 5.91. The number of nitrogens with one attached hydrogen (secondary N) is 1. The fourth-order valence-electron chi connectivity index (χ4n) is 2.17. The first-order valence-electron chi connectivity index (χ1n) is 8.03. The van der Waals surface area contributed by atoms with Crippen LogP contribution < -0.4 is 16.0 Å². The summed E-state index contributed by atoms with van der Waals surface area (Å²) in [6, 6.07) is 3.32. The zero-order chi connectivity index (χ0) is 20.1. The van der Waals surface area contributed by atoms with Gasteiger partial charge in [0.05, 0.1) is 5.56 Å². The second kappa shape index (κ2) is 8.29.